The molecular formula is C26H13N3O. The lowest BCUT2D eigenvalue weighted by molar-refractivity contribution is 0.415. The van der Waals surface area contributed by atoms with E-state index in [0.29, 0.717) is 33.4 Å². The van der Waals surface area contributed by atoms with E-state index in [4.69, 9.17) is 4.74 Å². The minimum Gasteiger partial charge on any atom is -0.497 e. The molecule has 0 spiro atoms. The van der Waals surface area contributed by atoms with Gasteiger partial charge < -0.3 is 4.74 Å². The van der Waals surface area contributed by atoms with Crippen LogP contribution in [0.15, 0.2) is 60.7 Å². The Balaban J connectivity index is 2.01. The monoisotopic (exact) mass is 383 g/mol. The minimum atomic E-state index is 0.315. The lowest BCUT2D eigenvalue weighted by Crippen LogP contribution is -1.92. The van der Waals surface area contributed by atoms with Crippen LogP contribution in [-0.2, 0) is 0 Å². The molecule has 0 unspecified atom stereocenters. The van der Waals surface area contributed by atoms with Gasteiger partial charge in [0.25, 0.3) is 0 Å². The Kier molecular flexibility index (Phi) is 6.14. The third-order valence-corrected chi connectivity index (χ3v) is 4.21. The smallest absolute Gasteiger partial charge is 0.118 e. The molecular weight excluding hydrogens is 370 g/mol. The molecule has 0 aliphatic rings. The van der Waals surface area contributed by atoms with Gasteiger partial charge >= 0.3 is 0 Å². The maximum atomic E-state index is 9.53. The number of ether oxygens (including phenoxy) is 1. The number of methoxy groups -OCH3 is 1. The van der Waals surface area contributed by atoms with E-state index in [1.54, 1.807) is 55.6 Å². The van der Waals surface area contributed by atoms with Gasteiger partial charge in [0.05, 0.1) is 23.8 Å². The van der Waals surface area contributed by atoms with Crippen molar-refractivity contribution in [3.8, 4) is 47.6 Å². The van der Waals surface area contributed by atoms with Crippen LogP contribution in [0.2, 0.25) is 0 Å². The van der Waals surface area contributed by atoms with Crippen molar-refractivity contribution < 1.29 is 4.74 Å². The molecule has 0 N–H and O–H groups in total. The van der Waals surface area contributed by atoms with E-state index in [1.165, 1.54) is 0 Å². The fourth-order valence-electron chi connectivity index (χ4n) is 2.63. The molecule has 4 nitrogen and oxygen atoms in total. The molecule has 3 aromatic carbocycles. The summed E-state index contributed by atoms with van der Waals surface area (Å²) in [5, 5.41) is 28.2. The van der Waals surface area contributed by atoms with Crippen LogP contribution in [0, 0.1) is 57.7 Å². The number of rotatable bonds is 1. The molecule has 138 valence electrons. The van der Waals surface area contributed by atoms with Crippen LogP contribution < -0.4 is 4.74 Å². The van der Waals surface area contributed by atoms with Gasteiger partial charge in [0.1, 0.15) is 24.0 Å². The second kappa shape index (κ2) is 9.31. The molecule has 0 heterocycles. The maximum Gasteiger partial charge on any atom is 0.118 e. The van der Waals surface area contributed by atoms with Crippen molar-refractivity contribution >= 4 is 0 Å². The lowest BCUT2D eigenvalue weighted by Gasteiger charge is -2.01. The normalized spacial score (nSPS) is 8.87. The van der Waals surface area contributed by atoms with Gasteiger partial charge in [-0.1, -0.05) is 35.8 Å². The number of hydrogen-bond acceptors (Lipinski definition) is 4. The van der Waals surface area contributed by atoms with E-state index in [-0.39, 0.29) is 0 Å². The van der Waals surface area contributed by atoms with Crippen LogP contribution in [0.3, 0.4) is 0 Å². The van der Waals surface area contributed by atoms with Gasteiger partial charge in [-0.2, -0.15) is 15.8 Å². The van der Waals surface area contributed by atoms with Gasteiger partial charge in [0.15, 0.2) is 0 Å². The Labute approximate surface area is 175 Å². The zero-order chi connectivity index (χ0) is 21.3. The Morgan fingerprint density at radius 3 is 1.60 bits per heavy atom. The molecule has 0 aliphatic carbocycles. The van der Waals surface area contributed by atoms with Crippen molar-refractivity contribution in [3.05, 3.63) is 99.6 Å². The first-order chi connectivity index (χ1) is 14.7. The first-order valence-corrected chi connectivity index (χ1v) is 8.84. The fourth-order valence-corrected chi connectivity index (χ4v) is 2.63. The summed E-state index contributed by atoms with van der Waals surface area (Å²) in [4.78, 5) is 0. The number of nitrogens with zero attached hydrogens (tertiary/aromatic N) is 3. The van der Waals surface area contributed by atoms with E-state index < -0.39 is 0 Å². The number of benzene rings is 3. The van der Waals surface area contributed by atoms with Gasteiger partial charge in [0, 0.05) is 22.3 Å². The highest BCUT2D eigenvalue weighted by Gasteiger charge is 2.07. The second-order valence-corrected chi connectivity index (χ2v) is 6.05. The molecule has 0 bridgehead atoms. The molecule has 4 heteroatoms. The van der Waals surface area contributed by atoms with Crippen LogP contribution in [0.5, 0.6) is 5.75 Å². The molecule has 0 aliphatic heterocycles. The van der Waals surface area contributed by atoms with Crippen LogP contribution >= 0.6 is 0 Å². The van der Waals surface area contributed by atoms with E-state index >= 15 is 0 Å². The summed E-state index contributed by atoms with van der Waals surface area (Å²) in [7, 11) is 1.59. The average molecular weight is 383 g/mol. The van der Waals surface area contributed by atoms with Gasteiger partial charge in [-0.3, -0.25) is 0 Å². The molecule has 0 amide bonds. The van der Waals surface area contributed by atoms with Crippen molar-refractivity contribution in [1.82, 2.24) is 0 Å². The lowest BCUT2D eigenvalue weighted by atomic mass is 9.99. The van der Waals surface area contributed by atoms with Crippen molar-refractivity contribution in [2.24, 2.45) is 0 Å². The zero-order valence-electron chi connectivity index (χ0n) is 16.0. The summed E-state index contributed by atoms with van der Waals surface area (Å²) in [5.41, 5.74) is 3.28. The molecule has 0 atom stereocenters. The van der Waals surface area contributed by atoms with Gasteiger partial charge in [-0.25, -0.2) is 0 Å². The van der Waals surface area contributed by atoms with Crippen molar-refractivity contribution in [2.45, 2.75) is 0 Å². The molecule has 3 aromatic rings. The molecule has 0 saturated heterocycles. The third-order valence-electron chi connectivity index (χ3n) is 4.21. The molecule has 0 fully saturated rings. The van der Waals surface area contributed by atoms with E-state index in [0.717, 1.165) is 11.3 Å². The first kappa shape index (κ1) is 19.8. The molecule has 0 aromatic heterocycles. The molecule has 3 rings (SSSR count). The van der Waals surface area contributed by atoms with Crippen molar-refractivity contribution in [3.63, 3.8) is 0 Å². The standard InChI is InChI=1S/C26H13N3O/c1-30-26-12-7-19(8-13-26)6-9-21-14-25(18-29)22(15-24(21)17-28)11-10-20-4-2-3-5-23(20)16-27/h2-5,7-8,12-15H,1H3. The first-order valence-electron chi connectivity index (χ1n) is 8.84. The zero-order valence-corrected chi connectivity index (χ0v) is 16.0. The van der Waals surface area contributed by atoms with Crippen LogP contribution in [-0.4, -0.2) is 7.11 Å². The maximum absolute atomic E-state index is 9.53. The van der Waals surface area contributed by atoms with E-state index in [2.05, 4.69) is 41.9 Å². The minimum absolute atomic E-state index is 0.315. The Morgan fingerprint density at radius 1 is 0.567 bits per heavy atom. The summed E-state index contributed by atoms with van der Waals surface area (Å²) < 4.78 is 5.12. The predicted molar refractivity (Wildman–Crippen MR) is 112 cm³/mol. The van der Waals surface area contributed by atoms with Crippen LogP contribution in [0.25, 0.3) is 0 Å². The SMILES string of the molecule is COc1ccc(C#Cc2cc(C#N)c(C#Cc3ccccc3C#N)cc2C#N)cc1. The number of nitriles is 3. The van der Waals surface area contributed by atoms with Gasteiger partial charge in [-0.05, 0) is 48.5 Å². The molecule has 30 heavy (non-hydrogen) atoms. The Bertz CT molecular complexity index is 1360. The topological polar surface area (TPSA) is 80.6 Å². The number of hydrogen-bond donors (Lipinski definition) is 0. The quantitative estimate of drug-likeness (QED) is 0.592. The second-order valence-electron chi connectivity index (χ2n) is 6.05. The van der Waals surface area contributed by atoms with Crippen LogP contribution in [0.1, 0.15) is 38.9 Å². The highest BCUT2D eigenvalue weighted by atomic mass is 16.5. The summed E-state index contributed by atoms with van der Waals surface area (Å²) in [6.07, 6.45) is 0. The highest BCUT2D eigenvalue weighted by Crippen LogP contribution is 2.17. The Morgan fingerprint density at radius 2 is 1.07 bits per heavy atom. The van der Waals surface area contributed by atoms with E-state index in [9.17, 15) is 15.8 Å². The summed E-state index contributed by atoms with van der Waals surface area (Å²) in [5.74, 6) is 12.5. The van der Waals surface area contributed by atoms with Gasteiger partial charge in [0.2, 0.25) is 0 Å². The highest BCUT2D eigenvalue weighted by molar-refractivity contribution is 5.62. The molecule has 0 saturated carbocycles. The van der Waals surface area contributed by atoms with Crippen molar-refractivity contribution in [2.75, 3.05) is 7.11 Å². The largest absolute Gasteiger partial charge is 0.497 e. The molecule has 0 radical (unpaired) electrons. The van der Waals surface area contributed by atoms with E-state index in [1.807, 2.05) is 12.1 Å². The Hall–Kier alpha value is -4.95. The summed E-state index contributed by atoms with van der Waals surface area (Å²) in [6.45, 7) is 0. The third kappa shape index (κ3) is 4.47. The van der Waals surface area contributed by atoms with Crippen LogP contribution in [0.4, 0.5) is 0 Å². The summed E-state index contributed by atoms with van der Waals surface area (Å²) >= 11 is 0. The van der Waals surface area contributed by atoms with Gasteiger partial charge in [-0.15, -0.1) is 0 Å². The summed E-state index contributed by atoms with van der Waals surface area (Å²) in [6, 6.07) is 23.6. The predicted octanol–water partition coefficient (Wildman–Crippen LogP) is 4.11. The van der Waals surface area contributed by atoms with Crippen molar-refractivity contribution in [1.29, 1.82) is 15.8 Å². The average Bonchev–Trinajstić information content (AvgIpc) is 2.81. The fraction of sp³-hybridized carbons (Fsp3) is 0.0385.